The van der Waals surface area contributed by atoms with Gasteiger partial charge < -0.3 is 10.5 Å². The molecule has 2 heterocycles. The van der Waals surface area contributed by atoms with Gasteiger partial charge in [-0.05, 0) is 12.5 Å². The molecule has 2 aromatic heterocycles. The Balaban J connectivity index is 2.15. The number of nitrogen functional groups attached to an aromatic ring is 1. The van der Waals surface area contributed by atoms with Gasteiger partial charge in [0.1, 0.15) is 17.8 Å². The summed E-state index contributed by atoms with van der Waals surface area (Å²) < 4.78 is 6.84. The summed E-state index contributed by atoms with van der Waals surface area (Å²) in [4.78, 5) is 8.32. The SMILES string of the molecule is [CH2]Cn1nc(-c2ccc(COC)cc2)c2c(N)ncnc21. The first kappa shape index (κ1) is 13.5. The van der Waals surface area contributed by atoms with Crippen LogP contribution in [-0.4, -0.2) is 26.9 Å². The number of nitrogens with two attached hydrogens (primary N) is 1. The molecule has 2 N–H and O–H groups in total. The van der Waals surface area contributed by atoms with Gasteiger partial charge in [-0.2, -0.15) is 5.10 Å². The Bertz CT molecular complexity index is 764. The fourth-order valence-corrected chi connectivity index (χ4v) is 2.31. The van der Waals surface area contributed by atoms with Gasteiger partial charge in [-0.25, -0.2) is 14.6 Å². The van der Waals surface area contributed by atoms with Crippen molar-refractivity contribution in [3.8, 4) is 11.3 Å². The highest BCUT2D eigenvalue weighted by atomic mass is 16.5. The minimum absolute atomic E-state index is 0.427. The monoisotopic (exact) mass is 282 g/mol. The van der Waals surface area contributed by atoms with Crippen LogP contribution in [-0.2, 0) is 17.9 Å². The van der Waals surface area contributed by atoms with Crippen LogP contribution in [0.25, 0.3) is 22.3 Å². The number of ether oxygens (including phenoxy) is 1. The van der Waals surface area contributed by atoms with Crippen LogP contribution in [0.1, 0.15) is 5.56 Å². The lowest BCUT2D eigenvalue weighted by Gasteiger charge is -2.02. The Kier molecular flexibility index (Phi) is 3.53. The van der Waals surface area contributed by atoms with Gasteiger partial charge in [-0.3, -0.25) is 0 Å². The Labute approximate surface area is 122 Å². The predicted molar refractivity (Wildman–Crippen MR) is 81.2 cm³/mol. The van der Waals surface area contributed by atoms with Crippen LogP contribution in [0.2, 0.25) is 0 Å². The maximum absolute atomic E-state index is 6.00. The summed E-state index contributed by atoms with van der Waals surface area (Å²) in [5.41, 5.74) is 9.54. The van der Waals surface area contributed by atoms with Crippen LogP contribution in [0, 0.1) is 6.92 Å². The molecule has 0 fully saturated rings. The van der Waals surface area contributed by atoms with Gasteiger partial charge in [0.05, 0.1) is 12.0 Å². The van der Waals surface area contributed by atoms with E-state index >= 15 is 0 Å². The van der Waals surface area contributed by atoms with E-state index in [4.69, 9.17) is 10.5 Å². The Morgan fingerprint density at radius 1 is 1.24 bits per heavy atom. The molecule has 0 bridgehead atoms. The lowest BCUT2D eigenvalue weighted by atomic mass is 10.1. The van der Waals surface area contributed by atoms with Gasteiger partial charge >= 0.3 is 0 Å². The first-order chi connectivity index (χ1) is 10.2. The molecular weight excluding hydrogens is 266 g/mol. The highest BCUT2D eigenvalue weighted by Crippen LogP contribution is 2.30. The fraction of sp³-hybridized carbons (Fsp3) is 0.200. The van der Waals surface area contributed by atoms with Crippen molar-refractivity contribution in [1.82, 2.24) is 19.7 Å². The third-order valence-electron chi connectivity index (χ3n) is 3.31. The van der Waals surface area contributed by atoms with Crippen molar-refractivity contribution in [2.75, 3.05) is 12.8 Å². The van der Waals surface area contributed by atoms with Crippen LogP contribution >= 0.6 is 0 Å². The topological polar surface area (TPSA) is 78.9 Å². The van der Waals surface area contributed by atoms with Crippen molar-refractivity contribution in [2.24, 2.45) is 0 Å². The second-order valence-corrected chi connectivity index (χ2v) is 4.66. The molecule has 6 nitrogen and oxygen atoms in total. The molecule has 0 saturated heterocycles. The third-order valence-corrected chi connectivity index (χ3v) is 3.31. The van der Waals surface area contributed by atoms with Crippen LogP contribution in [0.4, 0.5) is 5.82 Å². The summed E-state index contributed by atoms with van der Waals surface area (Å²) in [6.45, 7) is 4.93. The van der Waals surface area contributed by atoms with Crippen molar-refractivity contribution in [3.63, 3.8) is 0 Å². The summed E-state index contributed by atoms with van der Waals surface area (Å²) >= 11 is 0. The number of rotatable bonds is 4. The lowest BCUT2D eigenvalue weighted by Crippen LogP contribution is -1.98. The lowest BCUT2D eigenvalue weighted by molar-refractivity contribution is 0.185. The molecule has 0 saturated carbocycles. The molecule has 0 atom stereocenters. The smallest absolute Gasteiger partial charge is 0.163 e. The van der Waals surface area contributed by atoms with Gasteiger partial charge in [0.25, 0.3) is 0 Å². The number of anilines is 1. The van der Waals surface area contributed by atoms with Crippen molar-refractivity contribution in [1.29, 1.82) is 0 Å². The Morgan fingerprint density at radius 2 is 2.00 bits per heavy atom. The van der Waals surface area contributed by atoms with Crippen LogP contribution in [0.15, 0.2) is 30.6 Å². The summed E-state index contributed by atoms with van der Waals surface area (Å²) in [6.07, 6.45) is 1.44. The third kappa shape index (κ3) is 2.34. The van der Waals surface area contributed by atoms with E-state index in [1.807, 2.05) is 24.3 Å². The quantitative estimate of drug-likeness (QED) is 0.792. The molecule has 0 aliphatic rings. The minimum Gasteiger partial charge on any atom is -0.383 e. The zero-order valence-electron chi connectivity index (χ0n) is 11.8. The predicted octanol–water partition coefficient (Wildman–Crippen LogP) is 2.06. The second-order valence-electron chi connectivity index (χ2n) is 4.66. The second kappa shape index (κ2) is 5.49. The van der Waals surface area contributed by atoms with E-state index in [-0.39, 0.29) is 0 Å². The van der Waals surface area contributed by atoms with E-state index in [0.717, 1.165) is 22.2 Å². The maximum Gasteiger partial charge on any atom is 0.163 e. The molecule has 0 unspecified atom stereocenters. The molecule has 21 heavy (non-hydrogen) atoms. The number of fused-ring (bicyclic) bond motifs is 1. The molecule has 3 rings (SSSR count). The summed E-state index contributed by atoms with van der Waals surface area (Å²) in [6, 6.07) is 8.01. The number of aromatic nitrogens is 4. The first-order valence-electron chi connectivity index (χ1n) is 6.59. The normalized spacial score (nSPS) is 11.1. The Morgan fingerprint density at radius 3 is 2.67 bits per heavy atom. The zero-order valence-corrected chi connectivity index (χ0v) is 11.8. The van der Waals surface area contributed by atoms with Crippen molar-refractivity contribution in [2.45, 2.75) is 13.2 Å². The number of hydrogen-bond donors (Lipinski definition) is 1. The van der Waals surface area contributed by atoms with Gasteiger partial charge in [-0.15, -0.1) is 0 Å². The Hall–Kier alpha value is -2.47. The zero-order chi connectivity index (χ0) is 14.8. The van der Waals surface area contributed by atoms with E-state index in [2.05, 4.69) is 22.0 Å². The standard InChI is InChI=1S/C15H16N5O/c1-3-20-15-12(14(16)17-9-18-15)13(19-20)11-6-4-10(5-7-11)8-21-2/h4-7,9H,1,3,8H2,2H3,(H2,16,17,18). The largest absolute Gasteiger partial charge is 0.383 e. The number of methoxy groups -OCH3 is 1. The number of hydrogen-bond acceptors (Lipinski definition) is 5. The highest BCUT2D eigenvalue weighted by molar-refractivity contribution is 5.98. The van der Waals surface area contributed by atoms with Crippen molar-refractivity contribution in [3.05, 3.63) is 43.1 Å². The van der Waals surface area contributed by atoms with Gasteiger partial charge in [-0.1, -0.05) is 24.3 Å². The van der Waals surface area contributed by atoms with Gasteiger partial charge in [0.2, 0.25) is 0 Å². The molecule has 0 aliphatic heterocycles. The van der Waals surface area contributed by atoms with E-state index < -0.39 is 0 Å². The van der Waals surface area contributed by atoms with E-state index in [1.165, 1.54) is 6.33 Å². The molecule has 0 aliphatic carbocycles. The maximum atomic E-state index is 6.00. The molecular formula is C15H16N5O. The molecule has 3 aromatic rings. The first-order valence-corrected chi connectivity index (χ1v) is 6.59. The summed E-state index contributed by atoms with van der Waals surface area (Å²) in [7, 11) is 1.68. The van der Waals surface area contributed by atoms with E-state index in [1.54, 1.807) is 11.8 Å². The number of benzene rings is 1. The molecule has 0 amide bonds. The molecule has 107 valence electrons. The molecule has 6 heteroatoms. The van der Waals surface area contributed by atoms with Crippen molar-refractivity contribution >= 4 is 16.9 Å². The average Bonchev–Trinajstić information content (AvgIpc) is 2.89. The number of nitrogens with zero attached hydrogens (tertiary/aromatic N) is 4. The summed E-state index contributed by atoms with van der Waals surface area (Å²) in [5.74, 6) is 0.427. The molecule has 0 spiro atoms. The van der Waals surface area contributed by atoms with E-state index in [0.29, 0.717) is 24.6 Å². The molecule has 1 radical (unpaired) electrons. The van der Waals surface area contributed by atoms with Crippen LogP contribution in [0.5, 0.6) is 0 Å². The highest BCUT2D eigenvalue weighted by Gasteiger charge is 2.15. The van der Waals surface area contributed by atoms with Crippen molar-refractivity contribution < 1.29 is 4.74 Å². The van der Waals surface area contributed by atoms with Gasteiger partial charge in [0.15, 0.2) is 5.65 Å². The van der Waals surface area contributed by atoms with Crippen LogP contribution < -0.4 is 5.73 Å². The van der Waals surface area contributed by atoms with Gasteiger partial charge in [0, 0.05) is 19.2 Å². The molecule has 1 aromatic carbocycles. The fourth-order valence-electron chi connectivity index (χ4n) is 2.31. The van der Waals surface area contributed by atoms with E-state index in [9.17, 15) is 0 Å². The minimum atomic E-state index is 0.427. The van der Waals surface area contributed by atoms with Crippen LogP contribution in [0.3, 0.4) is 0 Å². The summed E-state index contributed by atoms with van der Waals surface area (Å²) in [5, 5.41) is 5.32. The average molecular weight is 282 g/mol.